The lowest BCUT2D eigenvalue weighted by molar-refractivity contribution is 0.0938. The summed E-state index contributed by atoms with van der Waals surface area (Å²) in [5, 5.41) is 11.3. The topological polar surface area (TPSA) is 77.1 Å². The first kappa shape index (κ1) is 15.3. The summed E-state index contributed by atoms with van der Waals surface area (Å²) in [4.78, 5) is 17.1. The van der Waals surface area contributed by atoms with Crippen LogP contribution in [-0.2, 0) is 7.05 Å². The maximum Gasteiger partial charge on any atom is 0.251 e. The minimum absolute atomic E-state index is 0.162. The average Bonchev–Trinajstić information content (AvgIpc) is 3.16. The summed E-state index contributed by atoms with van der Waals surface area (Å²) in [6.45, 7) is 3.84. The van der Waals surface area contributed by atoms with Crippen LogP contribution in [0.1, 0.15) is 35.0 Å². The SMILES string of the molecule is Cc1nc2cc(C(=O)NC(C)c3nnc4ccccn34)ccc2n1C. The number of carbonyl (C=O) groups is 1. The van der Waals surface area contributed by atoms with Crippen molar-refractivity contribution in [3.63, 3.8) is 0 Å². The van der Waals surface area contributed by atoms with Crippen LogP contribution in [0.15, 0.2) is 42.6 Å². The molecule has 0 aliphatic heterocycles. The first-order valence-corrected chi connectivity index (χ1v) is 8.08. The van der Waals surface area contributed by atoms with Crippen LogP contribution < -0.4 is 5.32 Å². The highest BCUT2D eigenvalue weighted by Gasteiger charge is 2.17. The Labute approximate surface area is 144 Å². The van der Waals surface area contributed by atoms with Gasteiger partial charge in [0.2, 0.25) is 0 Å². The molecule has 0 aliphatic rings. The summed E-state index contributed by atoms with van der Waals surface area (Å²) in [6, 6.07) is 11.0. The molecule has 1 amide bonds. The standard InChI is InChI=1S/C18H18N6O/c1-11(17-22-21-16-6-4-5-9-24(16)17)19-18(25)13-7-8-15-14(10-13)20-12(2)23(15)3/h4-11H,1-3H3,(H,19,25). The first-order chi connectivity index (χ1) is 12.0. The highest BCUT2D eigenvalue weighted by molar-refractivity contribution is 5.97. The fraction of sp³-hybridized carbons (Fsp3) is 0.222. The Morgan fingerprint density at radius 1 is 1.20 bits per heavy atom. The minimum atomic E-state index is -0.272. The van der Waals surface area contributed by atoms with E-state index in [4.69, 9.17) is 0 Å². The van der Waals surface area contributed by atoms with Crippen molar-refractivity contribution in [2.75, 3.05) is 0 Å². The van der Waals surface area contributed by atoms with E-state index in [1.165, 1.54) is 0 Å². The van der Waals surface area contributed by atoms with Crippen LogP contribution in [0.5, 0.6) is 0 Å². The Morgan fingerprint density at radius 3 is 2.88 bits per heavy atom. The molecular weight excluding hydrogens is 316 g/mol. The largest absolute Gasteiger partial charge is 0.342 e. The van der Waals surface area contributed by atoms with E-state index in [9.17, 15) is 4.79 Å². The molecule has 0 spiro atoms. The van der Waals surface area contributed by atoms with Gasteiger partial charge in [0.05, 0.1) is 17.1 Å². The summed E-state index contributed by atoms with van der Waals surface area (Å²) >= 11 is 0. The summed E-state index contributed by atoms with van der Waals surface area (Å²) in [5.74, 6) is 1.44. The van der Waals surface area contributed by atoms with Crippen molar-refractivity contribution >= 4 is 22.6 Å². The molecule has 1 atom stereocenters. The number of aromatic nitrogens is 5. The second-order valence-electron chi connectivity index (χ2n) is 6.10. The normalized spacial score (nSPS) is 12.6. The lowest BCUT2D eigenvalue weighted by Crippen LogP contribution is -2.28. The van der Waals surface area contributed by atoms with Gasteiger partial charge in [-0.15, -0.1) is 10.2 Å². The van der Waals surface area contributed by atoms with E-state index in [0.29, 0.717) is 11.4 Å². The minimum Gasteiger partial charge on any atom is -0.342 e. The summed E-state index contributed by atoms with van der Waals surface area (Å²) < 4.78 is 3.87. The van der Waals surface area contributed by atoms with Crippen LogP contribution in [0.25, 0.3) is 16.7 Å². The number of aryl methyl sites for hydroxylation is 2. The zero-order chi connectivity index (χ0) is 17.6. The van der Waals surface area contributed by atoms with Crippen molar-refractivity contribution in [1.29, 1.82) is 0 Å². The summed E-state index contributed by atoms with van der Waals surface area (Å²) in [5.41, 5.74) is 3.15. The summed E-state index contributed by atoms with van der Waals surface area (Å²) in [6.07, 6.45) is 1.88. The molecule has 0 bridgehead atoms. The number of hydrogen-bond acceptors (Lipinski definition) is 4. The Balaban J connectivity index is 1.61. The van der Waals surface area contributed by atoms with Crippen molar-refractivity contribution in [2.45, 2.75) is 19.9 Å². The van der Waals surface area contributed by atoms with Crippen molar-refractivity contribution in [3.8, 4) is 0 Å². The molecule has 3 heterocycles. The Bertz CT molecular complexity index is 1090. The molecule has 1 aromatic carbocycles. The van der Waals surface area contributed by atoms with Crippen LogP contribution in [-0.4, -0.2) is 30.1 Å². The van der Waals surface area contributed by atoms with E-state index in [2.05, 4.69) is 20.5 Å². The van der Waals surface area contributed by atoms with E-state index in [1.54, 1.807) is 0 Å². The number of carbonyl (C=O) groups excluding carboxylic acids is 1. The number of imidazole rings is 1. The molecule has 7 heteroatoms. The van der Waals surface area contributed by atoms with Gasteiger partial charge in [-0.2, -0.15) is 0 Å². The average molecular weight is 334 g/mol. The van der Waals surface area contributed by atoms with Crippen molar-refractivity contribution in [1.82, 2.24) is 29.5 Å². The molecule has 0 fully saturated rings. The molecule has 0 radical (unpaired) electrons. The lowest BCUT2D eigenvalue weighted by Gasteiger charge is -2.12. The van der Waals surface area contributed by atoms with Gasteiger partial charge in [-0.3, -0.25) is 9.20 Å². The number of fused-ring (bicyclic) bond motifs is 2. The third-order valence-electron chi connectivity index (χ3n) is 4.44. The number of pyridine rings is 1. The number of hydrogen-bond donors (Lipinski definition) is 1. The number of rotatable bonds is 3. The van der Waals surface area contributed by atoms with Gasteiger partial charge in [-0.05, 0) is 44.2 Å². The van der Waals surface area contributed by atoms with Crippen LogP contribution in [0, 0.1) is 6.92 Å². The highest BCUT2D eigenvalue weighted by atomic mass is 16.1. The van der Waals surface area contributed by atoms with Crippen molar-refractivity contribution < 1.29 is 4.79 Å². The second-order valence-corrected chi connectivity index (χ2v) is 6.10. The highest BCUT2D eigenvalue weighted by Crippen LogP contribution is 2.18. The number of nitrogens with one attached hydrogen (secondary N) is 1. The first-order valence-electron chi connectivity index (χ1n) is 8.08. The predicted molar refractivity (Wildman–Crippen MR) is 94.3 cm³/mol. The summed E-state index contributed by atoms with van der Waals surface area (Å²) in [7, 11) is 1.96. The number of nitrogens with zero attached hydrogens (tertiary/aromatic N) is 5. The van der Waals surface area contributed by atoms with Gasteiger partial charge in [0, 0.05) is 18.8 Å². The quantitative estimate of drug-likeness (QED) is 0.624. The van der Waals surface area contributed by atoms with Gasteiger partial charge >= 0.3 is 0 Å². The van der Waals surface area contributed by atoms with Gasteiger partial charge in [0.1, 0.15) is 5.82 Å². The zero-order valence-electron chi connectivity index (χ0n) is 14.3. The molecule has 126 valence electrons. The Hall–Kier alpha value is -3.22. The van der Waals surface area contributed by atoms with Gasteiger partial charge in [-0.25, -0.2) is 4.98 Å². The van der Waals surface area contributed by atoms with Crippen molar-refractivity contribution in [2.24, 2.45) is 7.05 Å². The van der Waals surface area contributed by atoms with Crippen LogP contribution >= 0.6 is 0 Å². The maximum atomic E-state index is 12.6. The van der Waals surface area contributed by atoms with Gasteiger partial charge in [0.15, 0.2) is 11.5 Å². The molecule has 7 nitrogen and oxygen atoms in total. The predicted octanol–water partition coefficient (Wildman–Crippen LogP) is 2.42. The molecule has 25 heavy (non-hydrogen) atoms. The number of amides is 1. The molecule has 1 unspecified atom stereocenters. The number of benzene rings is 1. The van der Waals surface area contributed by atoms with E-state index >= 15 is 0 Å². The van der Waals surface area contributed by atoms with Gasteiger partial charge in [-0.1, -0.05) is 6.07 Å². The molecule has 3 aromatic heterocycles. The zero-order valence-corrected chi connectivity index (χ0v) is 14.3. The Kier molecular flexibility index (Phi) is 3.49. The van der Waals surface area contributed by atoms with Gasteiger partial charge < -0.3 is 9.88 Å². The molecule has 0 aliphatic carbocycles. The fourth-order valence-corrected chi connectivity index (χ4v) is 2.96. The van der Waals surface area contributed by atoms with Crippen LogP contribution in [0.2, 0.25) is 0 Å². The molecule has 4 aromatic rings. The third kappa shape index (κ3) is 2.53. The van der Waals surface area contributed by atoms with E-state index < -0.39 is 0 Å². The third-order valence-corrected chi connectivity index (χ3v) is 4.44. The van der Waals surface area contributed by atoms with Crippen LogP contribution in [0.4, 0.5) is 0 Å². The van der Waals surface area contributed by atoms with Crippen LogP contribution in [0.3, 0.4) is 0 Å². The maximum absolute atomic E-state index is 12.6. The molecule has 1 N–H and O–H groups in total. The van der Waals surface area contributed by atoms with E-state index in [0.717, 1.165) is 22.5 Å². The van der Waals surface area contributed by atoms with Gasteiger partial charge in [0.25, 0.3) is 5.91 Å². The Morgan fingerprint density at radius 2 is 2.04 bits per heavy atom. The second kappa shape index (κ2) is 5.70. The smallest absolute Gasteiger partial charge is 0.251 e. The molecule has 0 saturated heterocycles. The monoisotopic (exact) mass is 334 g/mol. The molecule has 0 saturated carbocycles. The molecule has 4 rings (SSSR count). The molecular formula is C18H18N6O. The van der Waals surface area contributed by atoms with E-state index in [1.807, 2.05) is 72.5 Å². The van der Waals surface area contributed by atoms with E-state index in [-0.39, 0.29) is 11.9 Å². The fourth-order valence-electron chi connectivity index (χ4n) is 2.96. The van der Waals surface area contributed by atoms with Crippen molar-refractivity contribution in [3.05, 3.63) is 59.8 Å². The lowest BCUT2D eigenvalue weighted by atomic mass is 10.1.